The number of nitrogens with one attached hydrogen (secondary N) is 2. The van der Waals surface area contributed by atoms with Crippen molar-refractivity contribution in [3.05, 3.63) is 53.6 Å². The highest BCUT2D eigenvalue weighted by Gasteiger charge is 2.23. The van der Waals surface area contributed by atoms with Crippen molar-refractivity contribution in [2.24, 2.45) is 0 Å². The molecular formula is C16H14F2N2O4S. The molecule has 1 unspecified atom stereocenters. The second-order valence-corrected chi connectivity index (χ2v) is 7.23. The molecule has 0 spiro atoms. The summed E-state index contributed by atoms with van der Waals surface area (Å²) in [4.78, 5) is 11.3. The minimum absolute atomic E-state index is 0.0912. The highest BCUT2D eigenvalue weighted by Crippen LogP contribution is 2.30. The highest BCUT2D eigenvalue weighted by molar-refractivity contribution is 7.89. The number of halogens is 2. The number of carbonyl (C=O) groups is 1. The molecule has 2 N–H and O–H groups in total. The molecule has 2 aromatic rings. The monoisotopic (exact) mass is 368 g/mol. The number of carbonyl (C=O) groups excluding carboxylic acids is 1. The molecule has 3 rings (SSSR count). The predicted octanol–water partition coefficient (Wildman–Crippen LogP) is 2.34. The van der Waals surface area contributed by atoms with Crippen LogP contribution in [-0.4, -0.2) is 20.9 Å². The predicted molar refractivity (Wildman–Crippen MR) is 85.7 cm³/mol. The van der Waals surface area contributed by atoms with Crippen LogP contribution in [0.5, 0.6) is 5.75 Å². The molecule has 0 fully saturated rings. The Balaban J connectivity index is 1.85. The fourth-order valence-electron chi connectivity index (χ4n) is 2.38. The number of anilines is 1. The zero-order valence-corrected chi connectivity index (χ0v) is 13.9. The molecule has 0 saturated carbocycles. The number of ether oxygens (including phenoxy) is 1. The van der Waals surface area contributed by atoms with Crippen molar-refractivity contribution in [1.82, 2.24) is 4.72 Å². The third kappa shape index (κ3) is 3.62. The van der Waals surface area contributed by atoms with E-state index in [1.165, 1.54) is 31.2 Å². The molecule has 1 aliphatic heterocycles. The number of amides is 1. The Labute approximate surface area is 142 Å². The molecule has 2 aromatic carbocycles. The van der Waals surface area contributed by atoms with Gasteiger partial charge in [0.05, 0.1) is 10.6 Å². The molecule has 1 heterocycles. The summed E-state index contributed by atoms with van der Waals surface area (Å²) in [5.41, 5.74) is 0.525. The van der Waals surface area contributed by atoms with E-state index < -0.39 is 27.7 Å². The molecule has 9 heteroatoms. The van der Waals surface area contributed by atoms with Crippen molar-refractivity contribution < 1.29 is 26.7 Å². The number of benzene rings is 2. The first-order valence-electron chi connectivity index (χ1n) is 7.30. The van der Waals surface area contributed by atoms with E-state index in [2.05, 4.69) is 10.0 Å². The first-order chi connectivity index (χ1) is 11.8. The Morgan fingerprint density at radius 2 is 1.92 bits per heavy atom. The maximum atomic E-state index is 13.3. The third-order valence-electron chi connectivity index (χ3n) is 3.67. The van der Waals surface area contributed by atoms with Gasteiger partial charge in [-0.25, -0.2) is 21.9 Å². The van der Waals surface area contributed by atoms with E-state index in [9.17, 15) is 22.0 Å². The van der Waals surface area contributed by atoms with Crippen LogP contribution < -0.4 is 14.8 Å². The Morgan fingerprint density at radius 1 is 1.16 bits per heavy atom. The van der Waals surface area contributed by atoms with E-state index in [0.29, 0.717) is 5.75 Å². The number of sulfonamides is 1. The van der Waals surface area contributed by atoms with Crippen LogP contribution in [0.3, 0.4) is 0 Å². The Kier molecular flexibility index (Phi) is 4.44. The smallest absolute Gasteiger partial charge is 0.262 e. The van der Waals surface area contributed by atoms with Crippen LogP contribution in [-0.2, 0) is 14.8 Å². The molecule has 0 aromatic heterocycles. The fraction of sp³-hybridized carbons (Fsp3) is 0.188. The lowest BCUT2D eigenvalue weighted by Gasteiger charge is -2.19. The average Bonchev–Trinajstić information content (AvgIpc) is 2.56. The van der Waals surface area contributed by atoms with Crippen molar-refractivity contribution >= 4 is 21.6 Å². The van der Waals surface area contributed by atoms with E-state index in [1.54, 1.807) is 0 Å². The molecule has 25 heavy (non-hydrogen) atoms. The Bertz CT molecular complexity index is 947. The topological polar surface area (TPSA) is 84.5 Å². The van der Waals surface area contributed by atoms with Crippen molar-refractivity contribution in [2.75, 3.05) is 11.9 Å². The van der Waals surface area contributed by atoms with E-state index in [0.717, 1.165) is 12.1 Å². The van der Waals surface area contributed by atoms with Crippen LogP contribution in [0.2, 0.25) is 0 Å². The lowest BCUT2D eigenvalue weighted by molar-refractivity contribution is -0.118. The first kappa shape index (κ1) is 17.3. The summed E-state index contributed by atoms with van der Waals surface area (Å²) in [6.45, 7) is 1.37. The summed E-state index contributed by atoms with van der Waals surface area (Å²) in [6.07, 6.45) is 0. The van der Waals surface area contributed by atoms with Crippen molar-refractivity contribution in [2.45, 2.75) is 17.9 Å². The van der Waals surface area contributed by atoms with Crippen LogP contribution >= 0.6 is 0 Å². The largest absolute Gasteiger partial charge is 0.482 e. The number of hydrogen-bond acceptors (Lipinski definition) is 4. The Morgan fingerprint density at radius 3 is 2.64 bits per heavy atom. The molecule has 1 atom stereocenters. The molecule has 0 radical (unpaired) electrons. The van der Waals surface area contributed by atoms with E-state index >= 15 is 0 Å². The third-order valence-corrected chi connectivity index (χ3v) is 5.21. The summed E-state index contributed by atoms with van der Waals surface area (Å²) >= 11 is 0. The summed E-state index contributed by atoms with van der Waals surface area (Å²) in [6, 6.07) is 6.41. The lowest BCUT2D eigenvalue weighted by Crippen LogP contribution is -2.28. The van der Waals surface area contributed by atoms with Gasteiger partial charge in [0, 0.05) is 6.04 Å². The zero-order chi connectivity index (χ0) is 18.2. The highest BCUT2D eigenvalue weighted by atomic mass is 32.2. The van der Waals surface area contributed by atoms with Crippen LogP contribution in [0, 0.1) is 11.6 Å². The summed E-state index contributed by atoms with van der Waals surface area (Å²) in [7, 11) is -3.95. The minimum atomic E-state index is -3.95. The SMILES string of the molecule is CC(NS(=O)(=O)c1ccc2c(c1)NC(=O)CO2)c1ccc(F)c(F)c1. The van der Waals surface area contributed by atoms with Gasteiger partial charge < -0.3 is 10.1 Å². The second-order valence-electron chi connectivity index (χ2n) is 5.51. The van der Waals surface area contributed by atoms with E-state index in [-0.39, 0.29) is 28.7 Å². The van der Waals surface area contributed by atoms with Crippen molar-refractivity contribution in [3.8, 4) is 5.75 Å². The number of fused-ring (bicyclic) bond motifs is 1. The van der Waals surface area contributed by atoms with Gasteiger partial charge >= 0.3 is 0 Å². The standard InChI is InChI=1S/C16H14F2N2O4S/c1-9(10-2-4-12(17)13(18)6-10)20-25(22,23)11-3-5-15-14(7-11)19-16(21)8-24-15/h2-7,9,20H,8H2,1H3,(H,19,21). The van der Waals surface area contributed by atoms with Gasteiger partial charge in [0.2, 0.25) is 10.0 Å². The summed E-state index contributed by atoms with van der Waals surface area (Å²) < 4.78 is 58.9. The maximum absolute atomic E-state index is 13.3. The quantitative estimate of drug-likeness (QED) is 0.868. The molecular weight excluding hydrogens is 354 g/mol. The van der Waals surface area contributed by atoms with Gasteiger partial charge in [-0.15, -0.1) is 0 Å². The fourth-order valence-corrected chi connectivity index (χ4v) is 3.64. The molecule has 6 nitrogen and oxygen atoms in total. The molecule has 0 aliphatic carbocycles. The number of hydrogen-bond donors (Lipinski definition) is 2. The normalized spacial score (nSPS) is 15.1. The lowest BCUT2D eigenvalue weighted by atomic mass is 10.1. The minimum Gasteiger partial charge on any atom is -0.482 e. The molecule has 0 saturated heterocycles. The zero-order valence-electron chi connectivity index (χ0n) is 13.0. The maximum Gasteiger partial charge on any atom is 0.262 e. The van der Waals surface area contributed by atoms with Crippen LogP contribution in [0.15, 0.2) is 41.3 Å². The second kappa shape index (κ2) is 6.41. The van der Waals surface area contributed by atoms with Crippen LogP contribution in [0.25, 0.3) is 0 Å². The van der Waals surface area contributed by atoms with E-state index in [4.69, 9.17) is 4.74 Å². The van der Waals surface area contributed by atoms with Gasteiger partial charge in [-0.1, -0.05) is 6.07 Å². The van der Waals surface area contributed by atoms with Gasteiger partial charge in [0.1, 0.15) is 5.75 Å². The van der Waals surface area contributed by atoms with Gasteiger partial charge in [-0.2, -0.15) is 0 Å². The molecule has 1 aliphatic rings. The average molecular weight is 368 g/mol. The van der Waals surface area contributed by atoms with Crippen molar-refractivity contribution in [1.29, 1.82) is 0 Å². The van der Waals surface area contributed by atoms with Gasteiger partial charge in [-0.3, -0.25) is 4.79 Å². The molecule has 1 amide bonds. The van der Waals surface area contributed by atoms with Gasteiger partial charge in [0.15, 0.2) is 18.2 Å². The Hall–Kier alpha value is -2.52. The van der Waals surface area contributed by atoms with Gasteiger partial charge in [0.25, 0.3) is 5.91 Å². The first-order valence-corrected chi connectivity index (χ1v) is 8.78. The van der Waals surface area contributed by atoms with E-state index in [1.807, 2.05) is 0 Å². The summed E-state index contributed by atoms with van der Waals surface area (Å²) in [5.74, 6) is -2.08. The number of rotatable bonds is 4. The van der Waals surface area contributed by atoms with Crippen LogP contribution in [0.4, 0.5) is 14.5 Å². The van der Waals surface area contributed by atoms with Crippen molar-refractivity contribution in [3.63, 3.8) is 0 Å². The summed E-state index contributed by atoms with van der Waals surface area (Å²) in [5, 5.41) is 2.52. The van der Waals surface area contributed by atoms with Crippen LogP contribution in [0.1, 0.15) is 18.5 Å². The molecule has 132 valence electrons. The molecule has 0 bridgehead atoms. The van der Waals surface area contributed by atoms with Gasteiger partial charge in [-0.05, 0) is 42.8 Å².